The number of ether oxygens (including phenoxy) is 3. The van der Waals surface area contributed by atoms with Crippen LogP contribution in [-0.4, -0.2) is 101 Å². The number of amides is 5. The quantitative estimate of drug-likeness (QED) is 0.0458. The number of nitrogens with zero attached hydrogens (tertiary/aromatic N) is 7. The van der Waals surface area contributed by atoms with Gasteiger partial charge in [0.1, 0.15) is 51.2 Å². The number of alkyl carbamates (subject to hydrolysis) is 1. The summed E-state index contributed by atoms with van der Waals surface area (Å²) in [6, 6.07) is 21.7. The van der Waals surface area contributed by atoms with Gasteiger partial charge in [0, 0.05) is 54.3 Å². The van der Waals surface area contributed by atoms with E-state index in [1.165, 1.54) is 18.6 Å². The SMILES string of the molecule is CC(C)(C)OC(=O)N[C@H]1CCCC[C@H]1Nc1ncc(C(N)=O)c(Nc2ccc(-c3ccnc(N(C(=O)OC(C)(C)C)C(=O)OC(C)(C)C)c3)cc2)n1.NC(=O)c1cnc(N[C@@H]2CCCC[C@@H]2N)nc1Nc1ccc(-c2ccnc(N)c2)cc1. The highest BCUT2D eigenvalue weighted by atomic mass is 16.6. The summed E-state index contributed by atoms with van der Waals surface area (Å²) in [6.45, 7) is 15.6. The number of hydrogen-bond acceptors (Lipinski definition) is 20. The smallest absolute Gasteiger partial charge is 0.425 e. The molecule has 440 valence electrons. The van der Waals surface area contributed by atoms with Crippen molar-refractivity contribution in [1.82, 2.24) is 35.2 Å². The molecule has 2 fully saturated rings. The maximum atomic E-state index is 13.2. The van der Waals surface area contributed by atoms with Crippen molar-refractivity contribution < 1.29 is 38.2 Å². The average Bonchev–Trinajstić information content (AvgIpc) is 3.59. The van der Waals surface area contributed by atoms with Gasteiger partial charge in [-0.3, -0.25) is 9.59 Å². The highest BCUT2D eigenvalue weighted by molar-refractivity contribution is 6.09. The van der Waals surface area contributed by atoms with Crippen LogP contribution in [0, 0.1) is 0 Å². The van der Waals surface area contributed by atoms with Crippen LogP contribution in [0.2, 0.25) is 0 Å². The predicted molar refractivity (Wildman–Crippen MR) is 319 cm³/mol. The zero-order chi connectivity index (χ0) is 60.2. The maximum Gasteiger partial charge on any atom is 0.425 e. The summed E-state index contributed by atoms with van der Waals surface area (Å²) in [5.41, 5.74) is 25.8. The Bertz CT molecular complexity index is 3220. The van der Waals surface area contributed by atoms with Crippen molar-refractivity contribution in [1.29, 1.82) is 0 Å². The predicted octanol–water partition coefficient (Wildman–Crippen LogP) is 9.95. The van der Waals surface area contributed by atoms with Crippen molar-refractivity contribution in [2.24, 2.45) is 17.2 Å². The summed E-state index contributed by atoms with van der Waals surface area (Å²) in [4.78, 5) is 89.7. The molecule has 24 heteroatoms. The van der Waals surface area contributed by atoms with Gasteiger partial charge < -0.3 is 63.7 Å². The van der Waals surface area contributed by atoms with Crippen LogP contribution in [0.25, 0.3) is 22.3 Å². The van der Waals surface area contributed by atoms with Gasteiger partial charge in [0.25, 0.3) is 11.8 Å². The zero-order valence-corrected chi connectivity index (χ0v) is 48.4. The molecular formula is C59H76N16O8. The van der Waals surface area contributed by atoms with Crippen LogP contribution in [0.5, 0.6) is 0 Å². The van der Waals surface area contributed by atoms with Crippen molar-refractivity contribution >= 4 is 76.6 Å². The molecule has 2 aromatic carbocycles. The molecule has 2 aliphatic carbocycles. The number of benzene rings is 2. The Morgan fingerprint density at radius 1 is 0.530 bits per heavy atom. The van der Waals surface area contributed by atoms with E-state index in [-0.39, 0.29) is 52.9 Å². The van der Waals surface area contributed by atoms with Gasteiger partial charge in [-0.2, -0.15) is 14.9 Å². The van der Waals surface area contributed by atoms with Gasteiger partial charge in [-0.25, -0.2) is 34.3 Å². The Kier molecular flexibility index (Phi) is 19.7. The first kappa shape index (κ1) is 61.4. The molecule has 0 bridgehead atoms. The van der Waals surface area contributed by atoms with Crippen LogP contribution in [0.4, 0.5) is 60.9 Å². The second-order valence-corrected chi connectivity index (χ2v) is 23.2. The van der Waals surface area contributed by atoms with Crippen molar-refractivity contribution in [3.63, 3.8) is 0 Å². The number of nitrogens with one attached hydrogen (secondary N) is 5. The van der Waals surface area contributed by atoms with E-state index in [0.717, 1.165) is 78.6 Å². The van der Waals surface area contributed by atoms with Crippen LogP contribution in [0.3, 0.4) is 0 Å². The third-order valence-corrected chi connectivity index (χ3v) is 12.9. The van der Waals surface area contributed by atoms with Crippen LogP contribution in [0.15, 0.2) is 97.6 Å². The van der Waals surface area contributed by atoms with E-state index in [0.29, 0.717) is 28.8 Å². The Morgan fingerprint density at radius 2 is 0.964 bits per heavy atom. The van der Waals surface area contributed by atoms with Crippen molar-refractivity contribution in [2.75, 3.05) is 31.9 Å². The van der Waals surface area contributed by atoms with Crippen molar-refractivity contribution in [2.45, 2.75) is 155 Å². The van der Waals surface area contributed by atoms with Crippen LogP contribution < -0.4 is 54.4 Å². The first-order chi connectivity index (χ1) is 39.2. The number of aromatic nitrogens is 6. The molecule has 2 saturated carbocycles. The molecule has 0 unspecified atom stereocenters. The molecule has 2 aliphatic rings. The Labute approximate surface area is 483 Å². The largest absolute Gasteiger partial charge is 0.444 e. The van der Waals surface area contributed by atoms with Gasteiger partial charge in [-0.15, -0.1) is 0 Å². The first-order valence-corrected chi connectivity index (χ1v) is 27.5. The highest BCUT2D eigenvalue weighted by Gasteiger charge is 2.34. The summed E-state index contributed by atoms with van der Waals surface area (Å²) < 4.78 is 16.4. The monoisotopic (exact) mass is 1140 g/mol. The normalized spacial score (nSPS) is 17.0. The average molecular weight is 1140 g/mol. The fourth-order valence-electron chi connectivity index (χ4n) is 9.05. The fourth-order valence-corrected chi connectivity index (χ4v) is 9.05. The van der Waals surface area contributed by atoms with E-state index in [4.69, 9.17) is 37.1 Å². The minimum absolute atomic E-state index is 0.0248. The second-order valence-electron chi connectivity index (χ2n) is 23.2. The van der Waals surface area contributed by atoms with Crippen molar-refractivity contribution in [3.05, 3.63) is 109 Å². The molecule has 13 N–H and O–H groups in total. The van der Waals surface area contributed by atoms with E-state index < -0.39 is 46.9 Å². The Balaban J connectivity index is 0.000000270. The standard InChI is InChI=1S/C37H50N8O7.C22H26N8O/c1-35(2,3)50-32(47)43-27-13-11-10-12-26(27)42-31-40-21-25(29(38)46)30(44-31)41-24-16-14-22(15-17-24)23-18-19-39-28(20-23)45(33(48)51-36(4,5)6)34(49)52-37(7,8)9;23-17-3-1-2-4-18(17)29-22-27-12-16(20(25)31)21(30-22)28-15-7-5-13(6-8-15)14-9-10-26-19(24)11-14/h14-21,26-27H,10-13H2,1-9H3,(H2,38,46)(H,43,47)(H2,40,41,42,44);5-12,17-18H,1-4,23H2,(H2,24,26)(H2,25,31)(H2,27,28,29,30)/t26-,27+;17-,18+/m10/s1. The molecule has 0 saturated heterocycles. The number of hydrogen-bond donors (Lipinski definition) is 9. The van der Waals surface area contributed by atoms with Crippen LogP contribution >= 0.6 is 0 Å². The van der Waals surface area contributed by atoms with Gasteiger partial charge in [0.2, 0.25) is 11.9 Å². The summed E-state index contributed by atoms with van der Waals surface area (Å²) >= 11 is 0. The molecule has 0 radical (unpaired) electrons. The van der Waals surface area contributed by atoms with Gasteiger partial charge in [-0.05, 0) is 159 Å². The van der Waals surface area contributed by atoms with Crippen LogP contribution in [0.1, 0.15) is 134 Å². The second kappa shape index (κ2) is 26.6. The zero-order valence-electron chi connectivity index (χ0n) is 48.4. The van der Waals surface area contributed by atoms with Gasteiger partial charge >= 0.3 is 18.3 Å². The number of imide groups is 1. The van der Waals surface area contributed by atoms with Gasteiger partial charge in [0.05, 0.1) is 6.04 Å². The third kappa shape index (κ3) is 18.2. The first-order valence-electron chi connectivity index (χ1n) is 27.5. The lowest BCUT2D eigenvalue weighted by atomic mass is 9.90. The number of nitrogen functional groups attached to an aromatic ring is 1. The molecule has 24 nitrogen and oxygen atoms in total. The molecule has 5 amide bonds. The van der Waals surface area contributed by atoms with E-state index in [1.807, 2.05) is 69.3 Å². The lowest BCUT2D eigenvalue weighted by molar-refractivity contribution is 0.0424. The molecule has 4 aromatic heterocycles. The number of carbonyl (C=O) groups is 5. The van der Waals surface area contributed by atoms with E-state index in [1.54, 1.807) is 72.0 Å². The number of primary amides is 2. The molecule has 83 heavy (non-hydrogen) atoms. The molecule has 4 atom stereocenters. The van der Waals surface area contributed by atoms with Gasteiger partial charge in [-0.1, -0.05) is 49.9 Å². The molecular weight excluding hydrogens is 1060 g/mol. The fraction of sp³-hybridized carbons (Fsp3) is 0.407. The maximum absolute atomic E-state index is 13.2. The van der Waals surface area contributed by atoms with E-state index in [9.17, 15) is 24.0 Å². The highest BCUT2D eigenvalue weighted by Crippen LogP contribution is 2.31. The number of anilines is 8. The third-order valence-electron chi connectivity index (χ3n) is 12.9. The Hall–Kier alpha value is -9.19. The van der Waals surface area contributed by atoms with Crippen LogP contribution in [-0.2, 0) is 14.2 Å². The topological polar surface area (TPSA) is 358 Å². The molecule has 0 spiro atoms. The summed E-state index contributed by atoms with van der Waals surface area (Å²) in [5.74, 6) is 0.386. The van der Waals surface area contributed by atoms with E-state index >= 15 is 0 Å². The molecule has 6 aromatic rings. The van der Waals surface area contributed by atoms with E-state index in [2.05, 4.69) is 56.5 Å². The molecule has 8 rings (SSSR count). The number of carbonyl (C=O) groups excluding carboxylic acids is 5. The number of pyridine rings is 2. The van der Waals surface area contributed by atoms with Gasteiger partial charge in [0.15, 0.2) is 0 Å². The lowest BCUT2D eigenvalue weighted by Crippen LogP contribution is -2.50. The number of rotatable bonds is 14. The molecule has 0 aliphatic heterocycles. The minimum Gasteiger partial charge on any atom is -0.444 e. The Morgan fingerprint density at radius 3 is 1.42 bits per heavy atom. The number of nitrogens with two attached hydrogens (primary N) is 4. The van der Waals surface area contributed by atoms with Crippen molar-refractivity contribution in [3.8, 4) is 22.3 Å². The minimum atomic E-state index is -0.923. The lowest BCUT2D eigenvalue weighted by Gasteiger charge is -2.33. The summed E-state index contributed by atoms with van der Waals surface area (Å²) in [7, 11) is 0. The summed E-state index contributed by atoms with van der Waals surface area (Å²) in [5, 5.41) is 15.9. The summed E-state index contributed by atoms with van der Waals surface area (Å²) in [6.07, 6.45) is 11.2. The molecule has 4 heterocycles.